The second-order valence-electron chi connectivity index (χ2n) is 8.45. The van der Waals surface area contributed by atoms with Gasteiger partial charge in [-0.25, -0.2) is 0 Å². The number of methoxy groups -OCH3 is 3. The second-order valence-corrected chi connectivity index (χ2v) is 8.45. The first kappa shape index (κ1) is 24.1. The van der Waals surface area contributed by atoms with Crippen molar-refractivity contribution in [3.8, 4) is 0 Å². The zero-order chi connectivity index (χ0) is 20.5. The molecule has 6 heteroatoms. The number of rotatable bonds is 13. The Hall–Kier alpha value is -0.980. The van der Waals surface area contributed by atoms with E-state index in [1.807, 2.05) is 20.8 Å². The van der Waals surface area contributed by atoms with Crippen molar-refractivity contribution in [3.63, 3.8) is 0 Å². The third-order valence-electron chi connectivity index (χ3n) is 5.38. The number of hydrogen-bond donors (Lipinski definition) is 0. The summed E-state index contributed by atoms with van der Waals surface area (Å²) in [5.41, 5.74) is -0.408. The minimum Gasteiger partial charge on any atom is -0.331 e. The molecule has 1 aliphatic heterocycles. The lowest BCUT2D eigenvalue weighted by Gasteiger charge is -2.30. The number of carbonyl (C=O) groups excluding carboxylic acids is 2. The molecule has 0 bridgehead atoms. The lowest BCUT2D eigenvalue weighted by molar-refractivity contribution is -0.355. The summed E-state index contributed by atoms with van der Waals surface area (Å²) in [6.07, 6.45) is 9.71. The van der Waals surface area contributed by atoms with Gasteiger partial charge in [0.2, 0.25) is 11.8 Å². The number of nitrogens with zero attached hydrogens (tertiary/aromatic N) is 1. The average Bonchev–Trinajstić information content (AvgIpc) is 2.91. The molecule has 0 aromatic rings. The van der Waals surface area contributed by atoms with Crippen LogP contribution in [-0.2, 0) is 23.8 Å². The molecule has 27 heavy (non-hydrogen) atoms. The average molecular weight is 386 g/mol. The highest BCUT2D eigenvalue weighted by Gasteiger charge is 2.43. The van der Waals surface area contributed by atoms with Crippen molar-refractivity contribution in [2.24, 2.45) is 5.92 Å². The molecule has 2 amide bonds. The van der Waals surface area contributed by atoms with E-state index in [9.17, 15) is 9.59 Å². The van der Waals surface area contributed by atoms with Crippen LogP contribution in [0.5, 0.6) is 0 Å². The normalized spacial score (nSPS) is 18.6. The summed E-state index contributed by atoms with van der Waals surface area (Å²) >= 11 is 0. The van der Waals surface area contributed by atoms with Crippen LogP contribution in [0.15, 0.2) is 0 Å². The number of ether oxygens (including phenoxy) is 3. The molecular weight excluding hydrogens is 346 g/mol. The third-order valence-corrected chi connectivity index (χ3v) is 5.38. The fourth-order valence-corrected chi connectivity index (χ4v) is 3.80. The Morgan fingerprint density at radius 1 is 0.852 bits per heavy atom. The Labute approximate surface area is 164 Å². The largest absolute Gasteiger partial charge is 0.331 e. The first-order chi connectivity index (χ1) is 12.7. The van der Waals surface area contributed by atoms with Gasteiger partial charge in [-0.2, -0.15) is 0 Å². The smallest absolute Gasteiger partial charge is 0.282 e. The number of unbranched alkanes of at least 4 members (excludes halogenated alkanes) is 6. The fourth-order valence-electron chi connectivity index (χ4n) is 3.80. The van der Waals surface area contributed by atoms with E-state index in [4.69, 9.17) is 14.2 Å². The summed E-state index contributed by atoms with van der Waals surface area (Å²) in [5, 5.41) is 0. The van der Waals surface area contributed by atoms with Crippen LogP contribution >= 0.6 is 0 Å². The lowest BCUT2D eigenvalue weighted by Crippen LogP contribution is -2.45. The molecule has 0 saturated carbocycles. The van der Waals surface area contributed by atoms with Crippen LogP contribution in [0.1, 0.15) is 85.0 Å². The molecule has 0 N–H and O–H groups in total. The standard InChI is InChI=1S/C21H39NO5/c1-20(2,3)22-18(23)16-17(19(22)24)14-12-10-8-7-9-11-13-15-21(25-4,26-5)27-6/h17H,7-16H2,1-6H3. The quantitative estimate of drug-likeness (QED) is 0.269. The van der Waals surface area contributed by atoms with Gasteiger partial charge in [0.05, 0.1) is 0 Å². The maximum absolute atomic E-state index is 12.4. The molecule has 1 aliphatic rings. The Morgan fingerprint density at radius 3 is 1.78 bits per heavy atom. The van der Waals surface area contributed by atoms with E-state index in [0.717, 1.165) is 38.5 Å². The molecule has 158 valence electrons. The predicted molar refractivity (Wildman–Crippen MR) is 105 cm³/mol. The molecule has 0 spiro atoms. The summed E-state index contributed by atoms with van der Waals surface area (Å²) in [4.78, 5) is 26.0. The van der Waals surface area contributed by atoms with E-state index in [1.165, 1.54) is 24.2 Å². The van der Waals surface area contributed by atoms with E-state index < -0.39 is 11.5 Å². The molecule has 0 radical (unpaired) electrons. The molecule has 1 saturated heterocycles. The van der Waals surface area contributed by atoms with Crippen molar-refractivity contribution in [2.45, 2.75) is 96.5 Å². The fraction of sp³-hybridized carbons (Fsp3) is 0.905. The van der Waals surface area contributed by atoms with Crippen LogP contribution in [0.25, 0.3) is 0 Å². The summed E-state index contributed by atoms with van der Waals surface area (Å²) in [5.74, 6) is -1.02. The number of amides is 2. The first-order valence-corrected chi connectivity index (χ1v) is 10.2. The Balaban J connectivity index is 2.12. The molecule has 0 aromatic heterocycles. The number of likely N-dealkylation sites (tertiary alicyclic amines) is 1. The summed E-state index contributed by atoms with van der Waals surface area (Å²) in [6.45, 7) is 5.75. The van der Waals surface area contributed by atoms with Crippen molar-refractivity contribution in [3.05, 3.63) is 0 Å². The summed E-state index contributed by atoms with van der Waals surface area (Å²) in [6, 6.07) is 0. The highest BCUT2D eigenvalue weighted by molar-refractivity contribution is 6.04. The van der Waals surface area contributed by atoms with Gasteiger partial charge in [0, 0.05) is 45.6 Å². The predicted octanol–water partition coefficient (Wildman–Crippen LogP) is 4.26. The van der Waals surface area contributed by atoms with Crippen LogP contribution in [0.4, 0.5) is 0 Å². The minimum absolute atomic E-state index is 0.0169. The number of imide groups is 1. The van der Waals surface area contributed by atoms with Crippen molar-refractivity contribution < 1.29 is 23.8 Å². The van der Waals surface area contributed by atoms with Gasteiger partial charge in [-0.1, -0.05) is 38.5 Å². The molecule has 1 rings (SSSR count). The van der Waals surface area contributed by atoms with Gasteiger partial charge in [0.25, 0.3) is 5.97 Å². The van der Waals surface area contributed by atoms with Crippen molar-refractivity contribution in [1.82, 2.24) is 4.90 Å². The van der Waals surface area contributed by atoms with Crippen molar-refractivity contribution in [1.29, 1.82) is 0 Å². The van der Waals surface area contributed by atoms with Gasteiger partial charge in [0.1, 0.15) is 0 Å². The van der Waals surface area contributed by atoms with Gasteiger partial charge in [-0.3, -0.25) is 14.5 Å². The van der Waals surface area contributed by atoms with Gasteiger partial charge >= 0.3 is 0 Å². The highest BCUT2D eigenvalue weighted by Crippen LogP contribution is 2.30. The number of carbonyl (C=O) groups is 2. The molecular formula is C21H39NO5. The Bertz CT molecular complexity index is 459. The maximum atomic E-state index is 12.4. The van der Waals surface area contributed by atoms with Crippen LogP contribution in [0.2, 0.25) is 0 Å². The van der Waals surface area contributed by atoms with Gasteiger partial charge in [-0.05, 0) is 33.6 Å². The molecule has 1 atom stereocenters. The molecule has 1 unspecified atom stereocenters. The third kappa shape index (κ3) is 7.16. The Kier molecular flexibility index (Phi) is 9.91. The molecule has 1 heterocycles. The zero-order valence-corrected chi connectivity index (χ0v) is 18.1. The van der Waals surface area contributed by atoms with Gasteiger partial charge < -0.3 is 14.2 Å². The van der Waals surface area contributed by atoms with Gasteiger partial charge in [-0.15, -0.1) is 0 Å². The monoisotopic (exact) mass is 385 g/mol. The molecule has 0 aliphatic carbocycles. The minimum atomic E-state index is -0.911. The van der Waals surface area contributed by atoms with Crippen LogP contribution in [0, 0.1) is 5.92 Å². The molecule has 1 fully saturated rings. The van der Waals surface area contributed by atoms with E-state index in [0.29, 0.717) is 6.42 Å². The van der Waals surface area contributed by atoms with E-state index in [1.54, 1.807) is 21.3 Å². The second kappa shape index (κ2) is 11.1. The molecule has 0 aromatic carbocycles. The van der Waals surface area contributed by atoms with Crippen molar-refractivity contribution in [2.75, 3.05) is 21.3 Å². The van der Waals surface area contributed by atoms with Crippen LogP contribution < -0.4 is 0 Å². The first-order valence-electron chi connectivity index (χ1n) is 10.2. The maximum Gasteiger partial charge on any atom is 0.282 e. The van der Waals surface area contributed by atoms with E-state index in [-0.39, 0.29) is 17.7 Å². The SMILES string of the molecule is COC(CCCCCCCCCC1CC(=O)N(C(C)(C)C)C1=O)(OC)OC. The lowest BCUT2D eigenvalue weighted by atomic mass is 9.98. The van der Waals surface area contributed by atoms with Gasteiger partial charge in [0.15, 0.2) is 0 Å². The molecule has 6 nitrogen and oxygen atoms in total. The summed E-state index contributed by atoms with van der Waals surface area (Å²) < 4.78 is 15.9. The van der Waals surface area contributed by atoms with Crippen LogP contribution in [-0.4, -0.2) is 49.6 Å². The highest BCUT2D eigenvalue weighted by atomic mass is 16.9. The summed E-state index contributed by atoms with van der Waals surface area (Å²) in [7, 11) is 4.78. The zero-order valence-electron chi connectivity index (χ0n) is 18.1. The van der Waals surface area contributed by atoms with E-state index in [2.05, 4.69) is 0 Å². The van der Waals surface area contributed by atoms with Crippen LogP contribution in [0.3, 0.4) is 0 Å². The number of hydrogen-bond acceptors (Lipinski definition) is 5. The van der Waals surface area contributed by atoms with E-state index >= 15 is 0 Å². The topological polar surface area (TPSA) is 65.1 Å². The Morgan fingerprint density at radius 2 is 1.33 bits per heavy atom. The van der Waals surface area contributed by atoms with Crippen molar-refractivity contribution >= 4 is 11.8 Å².